The molecule has 1 unspecified atom stereocenters. The molecule has 1 aliphatic carbocycles. The second kappa shape index (κ2) is 11.3. The molecule has 0 heterocycles. The molecule has 6 nitrogen and oxygen atoms in total. The van der Waals surface area contributed by atoms with Crippen LogP contribution in [0.1, 0.15) is 43.2 Å². The standard InChI is InChI=1S/C25H32N2O4S/c1-19-17-22(13-14-24(19)31-2)32(29,30)27-23(18-21-11-7-4-8-12-21)25(28)26-16-15-20-9-5-3-6-10-20/h4,7-9,11-14,17,23,27H,3,5-6,10,15-16,18H2,1-2H3,(H,26,28). The van der Waals surface area contributed by atoms with E-state index in [1.165, 1.54) is 24.5 Å². The fourth-order valence-corrected chi connectivity index (χ4v) is 5.19. The van der Waals surface area contributed by atoms with E-state index in [-0.39, 0.29) is 17.2 Å². The number of hydrogen-bond acceptors (Lipinski definition) is 4. The first-order valence-corrected chi connectivity index (χ1v) is 12.5. The van der Waals surface area contributed by atoms with Crippen molar-refractivity contribution in [3.05, 3.63) is 71.3 Å². The normalized spacial score (nSPS) is 15.0. The molecule has 0 bridgehead atoms. The van der Waals surface area contributed by atoms with Crippen LogP contribution in [0, 0.1) is 6.92 Å². The summed E-state index contributed by atoms with van der Waals surface area (Å²) < 4.78 is 34.0. The first kappa shape index (κ1) is 24.0. The van der Waals surface area contributed by atoms with Crippen molar-refractivity contribution < 1.29 is 17.9 Å². The zero-order valence-electron chi connectivity index (χ0n) is 18.8. The molecule has 0 aliphatic heterocycles. The van der Waals surface area contributed by atoms with E-state index >= 15 is 0 Å². The van der Waals surface area contributed by atoms with Gasteiger partial charge < -0.3 is 10.1 Å². The Labute approximate surface area is 191 Å². The van der Waals surface area contributed by atoms with Crippen molar-refractivity contribution in [2.24, 2.45) is 0 Å². The van der Waals surface area contributed by atoms with E-state index in [0.29, 0.717) is 17.9 Å². The first-order chi connectivity index (χ1) is 15.4. The molecule has 0 spiro atoms. The number of methoxy groups -OCH3 is 1. The van der Waals surface area contributed by atoms with E-state index in [4.69, 9.17) is 4.74 Å². The lowest BCUT2D eigenvalue weighted by Gasteiger charge is -2.20. The van der Waals surface area contributed by atoms with Crippen LogP contribution in [0.3, 0.4) is 0 Å². The van der Waals surface area contributed by atoms with E-state index in [1.54, 1.807) is 26.2 Å². The molecular weight excluding hydrogens is 424 g/mol. The van der Waals surface area contributed by atoms with Gasteiger partial charge in [-0.05, 0) is 74.8 Å². The van der Waals surface area contributed by atoms with Crippen molar-refractivity contribution in [2.45, 2.75) is 56.4 Å². The smallest absolute Gasteiger partial charge is 0.241 e. The predicted molar refractivity (Wildman–Crippen MR) is 126 cm³/mol. The van der Waals surface area contributed by atoms with Crippen LogP contribution in [0.5, 0.6) is 5.75 Å². The quantitative estimate of drug-likeness (QED) is 0.531. The monoisotopic (exact) mass is 456 g/mol. The molecule has 2 N–H and O–H groups in total. The van der Waals surface area contributed by atoms with Crippen molar-refractivity contribution in [1.82, 2.24) is 10.0 Å². The van der Waals surface area contributed by atoms with E-state index < -0.39 is 16.1 Å². The lowest BCUT2D eigenvalue weighted by molar-refractivity contribution is -0.122. The van der Waals surface area contributed by atoms with Crippen LogP contribution >= 0.6 is 0 Å². The summed E-state index contributed by atoms with van der Waals surface area (Å²) in [5, 5.41) is 2.93. The Bertz CT molecular complexity index is 1050. The zero-order chi connectivity index (χ0) is 23.0. The van der Waals surface area contributed by atoms with Gasteiger partial charge in [0.1, 0.15) is 11.8 Å². The Balaban J connectivity index is 1.73. The number of nitrogens with one attached hydrogen (secondary N) is 2. The lowest BCUT2D eigenvalue weighted by Crippen LogP contribution is -2.48. The molecule has 2 aromatic rings. The van der Waals surface area contributed by atoms with Crippen molar-refractivity contribution in [1.29, 1.82) is 0 Å². The predicted octanol–water partition coefficient (Wildman–Crippen LogP) is 3.90. The van der Waals surface area contributed by atoms with Gasteiger partial charge in [-0.15, -0.1) is 0 Å². The second-order valence-electron chi connectivity index (χ2n) is 8.14. The van der Waals surface area contributed by atoms with E-state index in [1.807, 2.05) is 30.3 Å². The lowest BCUT2D eigenvalue weighted by atomic mass is 9.97. The average molecular weight is 457 g/mol. The number of carbonyl (C=O) groups is 1. The third kappa shape index (κ3) is 6.68. The van der Waals surface area contributed by atoms with Gasteiger partial charge >= 0.3 is 0 Å². The highest BCUT2D eigenvalue weighted by Gasteiger charge is 2.26. The largest absolute Gasteiger partial charge is 0.496 e. The minimum atomic E-state index is -3.90. The fourth-order valence-electron chi connectivity index (χ4n) is 3.91. The second-order valence-corrected chi connectivity index (χ2v) is 9.86. The van der Waals surface area contributed by atoms with Gasteiger partial charge in [0, 0.05) is 6.54 Å². The van der Waals surface area contributed by atoms with Crippen LogP contribution in [0.15, 0.2) is 65.1 Å². The summed E-state index contributed by atoms with van der Waals surface area (Å²) >= 11 is 0. The number of ether oxygens (including phenoxy) is 1. The summed E-state index contributed by atoms with van der Waals surface area (Å²) in [6.07, 6.45) is 7.91. The van der Waals surface area contributed by atoms with Gasteiger partial charge in [0.15, 0.2) is 0 Å². The summed E-state index contributed by atoms with van der Waals surface area (Å²) in [4.78, 5) is 13.1. The van der Waals surface area contributed by atoms with E-state index in [0.717, 1.165) is 24.8 Å². The molecule has 1 atom stereocenters. The number of hydrogen-bond donors (Lipinski definition) is 2. The van der Waals surface area contributed by atoms with Crippen LogP contribution in [-0.4, -0.2) is 34.0 Å². The molecular formula is C25H32N2O4S. The van der Waals surface area contributed by atoms with Crippen LogP contribution in [0.25, 0.3) is 0 Å². The number of rotatable bonds is 10. The Morgan fingerprint density at radius 1 is 1.12 bits per heavy atom. The van der Waals surface area contributed by atoms with Crippen molar-refractivity contribution in [3.63, 3.8) is 0 Å². The van der Waals surface area contributed by atoms with Gasteiger partial charge in [0.2, 0.25) is 15.9 Å². The number of carbonyl (C=O) groups excluding carboxylic acids is 1. The minimum Gasteiger partial charge on any atom is -0.496 e. The Kier molecular flexibility index (Phi) is 8.47. The van der Waals surface area contributed by atoms with Crippen LogP contribution in [0.2, 0.25) is 0 Å². The molecule has 0 saturated heterocycles. The maximum absolute atomic E-state index is 13.1. The molecule has 172 valence electrons. The van der Waals surface area contributed by atoms with Gasteiger partial charge in [-0.25, -0.2) is 8.42 Å². The Morgan fingerprint density at radius 2 is 1.91 bits per heavy atom. The molecule has 0 fully saturated rings. The summed E-state index contributed by atoms with van der Waals surface area (Å²) in [5.74, 6) is 0.290. The van der Waals surface area contributed by atoms with Gasteiger partial charge in [-0.2, -0.15) is 4.72 Å². The molecule has 0 saturated carbocycles. The number of aryl methyl sites for hydroxylation is 1. The van der Waals surface area contributed by atoms with Gasteiger partial charge in [0.05, 0.1) is 12.0 Å². The third-order valence-corrected chi connectivity index (χ3v) is 7.17. The summed E-state index contributed by atoms with van der Waals surface area (Å²) in [6.45, 7) is 2.28. The SMILES string of the molecule is COc1ccc(S(=O)(=O)NC(Cc2ccccc2)C(=O)NCCC2=CCCCC2)cc1C. The molecule has 2 aromatic carbocycles. The van der Waals surface area contributed by atoms with Gasteiger partial charge in [0.25, 0.3) is 0 Å². The molecule has 0 aromatic heterocycles. The summed E-state index contributed by atoms with van der Waals surface area (Å²) in [6, 6.07) is 13.2. The fraction of sp³-hybridized carbons (Fsp3) is 0.400. The van der Waals surface area contributed by atoms with E-state index in [2.05, 4.69) is 16.1 Å². The highest BCUT2D eigenvalue weighted by Crippen LogP contribution is 2.22. The highest BCUT2D eigenvalue weighted by molar-refractivity contribution is 7.89. The highest BCUT2D eigenvalue weighted by atomic mass is 32.2. The van der Waals surface area contributed by atoms with Gasteiger partial charge in [-0.3, -0.25) is 4.79 Å². The topological polar surface area (TPSA) is 84.5 Å². The van der Waals surface area contributed by atoms with Crippen LogP contribution in [-0.2, 0) is 21.2 Å². The van der Waals surface area contributed by atoms with Crippen molar-refractivity contribution in [2.75, 3.05) is 13.7 Å². The first-order valence-electron chi connectivity index (χ1n) is 11.1. The van der Waals surface area contributed by atoms with E-state index in [9.17, 15) is 13.2 Å². The Morgan fingerprint density at radius 3 is 2.56 bits per heavy atom. The maximum Gasteiger partial charge on any atom is 0.241 e. The summed E-state index contributed by atoms with van der Waals surface area (Å²) in [7, 11) is -2.36. The molecule has 1 amide bonds. The number of allylic oxidation sites excluding steroid dienone is 1. The third-order valence-electron chi connectivity index (χ3n) is 5.70. The van der Waals surface area contributed by atoms with Crippen molar-refractivity contribution >= 4 is 15.9 Å². The number of benzene rings is 2. The van der Waals surface area contributed by atoms with Crippen molar-refractivity contribution in [3.8, 4) is 5.75 Å². The van der Waals surface area contributed by atoms with Crippen LogP contribution in [0.4, 0.5) is 0 Å². The minimum absolute atomic E-state index is 0.106. The summed E-state index contributed by atoms with van der Waals surface area (Å²) in [5.41, 5.74) is 2.96. The molecule has 7 heteroatoms. The molecule has 1 aliphatic rings. The molecule has 3 rings (SSSR count). The zero-order valence-corrected chi connectivity index (χ0v) is 19.6. The molecule has 0 radical (unpaired) electrons. The molecule has 32 heavy (non-hydrogen) atoms. The average Bonchev–Trinajstić information content (AvgIpc) is 2.80. The number of amides is 1. The van der Waals surface area contributed by atoms with Gasteiger partial charge in [-0.1, -0.05) is 42.0 Å². The van der Waals surface area contributed by atoms with Crippen LogP contribution < -0.4 is 14.8 Å². The maximum atomic E-state index is 13.1. The Hall–Kier alpha value is -2.64. The number of sulfonamides is 1.